The Bertz CT molecular complexity index is 4360. The normalized spacial score (nSPS) is 16.2. The number of hydrogen-bond acceptors (Lipinski definition) is 2. The predicted octanol–water partition coefficient (Wildman–Crippen LogP) is 27.6. The molecule has 13 rings (SSSR count). The van der Waals surface area contributed by atoms with E-state index in [9.17, 15) is 0 Å². The average molecular weight is 1200 g/mol. The van der Waals surface area contributed by atoms with Gasteiger partial charge in [-0.2, -0.15) is 0 Å². The molecule has 0 aliphatic heterocycles. The van der Waals surface area contributed by atoms with Gasteiger partial charge in [-0.25, -0.2) is 0 Å². The molecule has 452 valence electrons. The molecule has 2 atom stereocenters. The number of allylic oxidation sites excluding steroid dienone is 3. The molecule has 2 heteroatoms. The topological polar surface area (TPSA) is 0 Å². The molecule has 0 fully saturated rings. The maximum atomic E-state index is 4.46. The first kappa shape index (κ1) is 60.8. The number of fused-ring (bicyclic) bond motifs is 11. The first-order valence-electron chi connectivity index (χ1n) is 34.5. The van der Waals surface area contributed by atoms with Crippen molar-refractivity contribution in [1.82, 2.24) is 0 Å². The van der Waals surface area contributed by atoms with Gasteiger partial charge in [-0.1, -0.05) is 266 Å². The summed E-state index contributed by atoms with van der Waals surface area (Å²) >= 11 is 3.93. The average Bonchev–Trinajstić information content (AvgIpc) is 1.51. The molecule has 89 heavy (non-hydrogen) atoms. The molecular formula is C87H92S2. The van der Waals surface area contributed by atoms with Gasteiger partial charge in [-0.3, -0.25) is 0 Å². The Morgan fingerprint density at radius 2 is 0.899 bits per heavy atom. The number of benzene rings is 9. The molecule has 0 bridgehead atoms. The van der Waals surface area contributed by atoms with Crippen LogP contribution in [-0.4, -0.2) is 0 Å². The minimum absolute atomic E-state index is 0.0347. The van der Waals surface area contributed by atoms with Crippen LogP contribution in [0.15, 0.2) is 189 Å². The van der Waals surface area contributed by atoms with Gasteiger partial charge in [0.15, 0.2) is 0 Å². The van der Waals surface area contributed by atoms with Gasteiger partial charge in [0.25, 0.3) is 0 Å². The lowest BCUT2D eigenvalue weighted by atomic mass is 9.62. The summed E-state index contributed by atoms with van der Waals surface area (Å²) in [6.45, 7) is 24.4. The van der Waals surface area contributed by atoms with Crippen molar-refractivity contribution in [3.8, 4) is 64.0 Å². The van der Waals surface area contributed by atoms with Crippen LogP contribution in [0.2, 0.25) is 0 Å². The minimum Gasteiger partial charge on any atom is -0.135 e. The molecule has 0 saturated heterocycles. The monoisotopic (exact) mass is 1200 g/mol. The van der Waals surface area contributed by atoms with Crippen molar-refractivity contribution in [2.75, 3.05) is 0 Å². The van der Waals surface area contributed by atoms with Crippen molar-refractivity contribution in [3.05, 3.63) is 222 Å². The molecule has 0 saturated carbocycles. The van der Waals surface area contributed by atoms with Gasteiger partial charge >= 0.3 is 0 Å². The fraction of sp³-hybridized carbons (Fsp3) is 0.333. The van der Waals surface area contributed by atoms with E-state index in [2.05, 4.69) is 244 Å². The van der Waals surface area contributed by atoms with Crippen molar-refractivity contribution < 1.29 is 0 Å². The van der Waals surface area contributed by atoms with Crippen LogP contribution in [0.4, 0.5) is 0 Å². The fourth-order valence-corrected chi connectivity index (χ4v) is 19.1. The highest BCUT2D eigenvalue weighted by Crippen LogP contribution is 2.67. The van der Waals surface area contributed by atoms with Gasteiger partial charge in [-0.15, -0.1) is 22.7 Å². The zero-order valence-corrected chi connectivity index (χ0v) is 56.2. The Morgan fingerprint density at radius 3 is 1.37 bits per heavy atom. The third-order valence-electron chi connectivity index (χ3n) is 22.0. The summed E-state index contributed by atoms with van der Waals surface area (Å²) in [6, 6.07) is 66.0. The summed E-state index contributed by atoms with van der Waals surface area (Å²) in [7, 11) is 0. The molecule has 0 nitrogen and oxygen atoms in total. The SMILES string of the molecule is C=C/C=C(\C)c1c(C(CC)(CC)CCCCCCCC)c2c(c3c1C(C)(CC)c1cc(-c4ccc(-c5c6ccccc6cc6ccccc56)s4)ccc1-3)C(CC)(CCCCCCCC)c1cc(-c3ccc(-c4c5ccccc5cc5ccccc45)s3)ccc1-2. The van der Waals surface area contributed by atoms with Crippen molar-refractivity contribution in [1.29, 1.82) is 0 Å². The molecule has 0 amide bonds. The van der Waals surface area contributed by atoms with E-state index in [0.29, 0.717) is 0 Å². The molecular weight excluding hydrogens is 1110 g/mol. The number of rotatable bonds is 25. The summed E-state index contributed by atoms with van der Waals surface area (Å²) in [6.07, 6.45) is 26.6. The molecule has 2 heterocycles. The van der Waals surface area contributed by atoms with Crippen LogP contribution in [0, 0.1) is 0 Å². The summed E-state index contributed by atoms with van der Waals surface area (Å²) in [5.74, 6) is 0. The van der Waals surface area contributed by atoms with Crippen molar-refractivity contribution >= 4 is 71.3 Å². The Labute approximate surface area is 540 Å². The van der Waals surface area contributed by atoms with Crippen LogP contribution in [0.1, 0.15) is 204 Å². The van der Waals surface area contributed by atoms with Gasteiger partial charge in [0.05, 0.1) is 0 Å². The van der Waals surface area contributed by atoms with E-state index >= 15 is 0 Å². The summed E-state index contributed by atoms with van der Waals surface area (Å²) < 4.78 is 0. The molecule has 0 spiro atoms. The van der Waals surface area contributed by atoms with E-state index in [1.807, 2.05) is 22.7 Å². The van der Waals surface area contributed by atoms with E-state index in [1.54, 1.807) is 33.4 Å². The van der Waals surface area contributed by atoms with Gasteiger partial charge in [0.1, 0.15) is 0 Å². The molecule has 2 unspecified atom stereocenters. The molecule has 2 aromatic heterocycles. The summed E-state index contributed by atoms with van der Waals surface area (Å²) in [5.41, 5.74) is 21.7. The second kappa shape index (κ2) is 25.6. The van der Waals surface area contributed by atoms with Gasteiger partial charge in [-0.05, 0) is 215 Å². The Morgan fingerprint density at radius 1 is 0.449 bits per heavy atom. The second-order valence-corrected chi connectivity index (χ2v) is 28.9. The summed E-state index contributed by atoms with van der Waals surface area (Å²) in [4.78, 5) is 5.33. The molecule has 0 radical (unpaired) electrons. The lowest BCUT2D eigenvalue weighted by molar-refractivity contribution is 0.347. The molecule has 0 N–H and O–H groups in total. The molecule has 2 aliphatic carbocycles. The van der Waals surface area contributed by atoms with Gasteiger partial charge in [0.2, 0.25) is 0 Å². The highest BCUT2D eigenvalue weighted by molar-refractivity contribution is 7.19. The highest BCUT2D eigenvalue weighted by Gasteiger charge is 2.53. The number of unbranched alkanes of at least 4 members (excludes halogenated alkanes) is 10. The van der Waals surface area contributed by atoms with Crippen molar-refractivity contribution in [2.24, 2.45) is 0 Å². The van der Waals surface area contributed by atoms with Crippen LogP contribution in [0.3, 0.4) is 0 Å². The van der Waals surface area contributed by atoms with Gasteiger partial charge < -0.3 is 0 Å². The minimum atomic E-state index is -0.256. The van der Waals surface area contributed by atoms with Crippen LogP contribution in [-0.2, 0) is 16.2 Å². The van der Waals surface area contributed by atoms with Crippen LogP contribution >= 0.6 is 22.7 Å². The number of hydrogen-bond donors (Lipinski definition) is 0. The van der Waals surface area contributed by atoms with Crippen LogP contribution in [0.25, 0.3) is 113 Å². The zero-order valence-electron chi connectivity index (χ0n) is 54.6. The van der Waals surface area contributed by atoms with Crippen LogP contribution < -0.4 is 0 Å². The van der Waals surface area contributed by atoms with Crippen molar-refractivity contribution in [3.63, 3.8) is 0 Å². The van der Waals surface area contributed by atoms with Gasteiger partial charge in [0, 0.05) is 41.5 Å². The Balaban J connectivity index is 1.05. The van der Waals surface area contributed by atoms with Crippen LogP contribution in [0.5, 0.6) is 0 Å². The van der Waals surface area contributed by atoms with E-state index in [1.165, 1.54) is 196 Å². The zero-order chi connectivity index (χ0) is 61.4. The Hall–Kier alpha value is -7.10. The molecule has 2 aliphatic rings. The fourth-order valence-electron chi connectivity index (χ4n) is 17.0. The number of thiophene rings is 2. The van der Waals surface area contributed by atoms with E-state index in [0.717, 1.165) is 32.1 Å². The molecule has 9 aromatic carbocycles. The quantitative estimate of drug-likeness (QED) is 0.0304. The predicted molar refractivity (Wildman–Crippen MR) is 395 cm³/mol. The summed E-state index contributed by atoms with van der Waals surface area (Å²) in [5, 5.41) is 10.5. The lowest BCUT2D eigenvalue weighted by Crippen LogP contribution is -2.32. The largest absolute Gasteiger partial charge is 0.135 e. The highest BCUT2D eigenvalue weighted by atomic mass is 32.1. The first-order chi connectivity index (χ1) is 43.6. The van der Waals surface area contributed by atoms with E-state index < -0.39 is 0 Å². The molecule has 11 aromatic rings. The van der Waals surface area contributed by atoms with Crippen molar-refractivity contribution in [2.45, 2.75) is 187 Å². The standard InChI is InChI=1S/C87H92S2/c1-10-17-19-21-23-33-52-86(14-5,15-6)83-77(58(8)35-12-3)82-80(69-46-44-63(56-71(69)85(82,9)13-4)73-48-50-75(88-73)78-65-40-29-25-36-59(65)54-60-37-26-30-41-66(60)78)84-81(83)70-47-45-64(57-72(70)87(84,16-7)53-34-24-22-20-18-11-2)74-49-51-76(89-74)79-67-42-31-27-38-61(67)55-62-39-28-32-43-68(62)79/h12,25-32,35-51,54-57H,3,10-11,13-24,33-34,52-53H2,1-2,4-9H3/b58-35+. The maximum Gasteiger partial charge on any atom is 0.0361 e. The Kier molecular flexibility index (Phi) is 17.5. The smallest absolute Gasteiger partial charge is 0.0361 e. The third kappa shape index (κ3) is 10.4. The van der Waals surface area contributed by atoms with E-state index in [4.69, 9.17) is 0 Å². The first-order valence-corrected chi connectivity index (χ1v) is 36.1. The van der Waals surface area contributed by atoms with E-state index in [-0.39, 0.29) is 16.2 Å². The maximum absolute atomic E-state index is 4.46. The third-order valence-corrected chi connectivity index (χ3v) is 24.3. The lowest BCUT2D eigenvalue weighted by Gasteiger charge is -2.41. The second-order valence-electron chi connectivity index (χ2n) is 26.7.